The van der Waals surface area contributed by atoms with E-state index in [4.69, 9.17) is 11.6 Å². The summed E-state index contributed by atoms with van der Waals surface area (Å²) in [6.45, 7) is 3.93. The van der Waals surface area contributed by atoms with Gasteiger partial charge in [-0.25, -0.2) is 0 Å². The van der Waals surface area contributed by atoms with Crippen molar-refractivity contribution in [1.29, 1.82) is 0 Å². The Morgan fingerprint density at radius 3 is 2.45 bits per heavy atom. The normalized spacial score (nSPS) is 17.8. The van der Waals surface area contributed by atoms with E-state index in [1.165, 1.54) is 0 Å². The first-order chi connectivity index (χ1) is 15.8. The number of benzene rings is 3. The predicted molar refractivity (Wildman–Crippen MR) is 129 cm³/mol. The van der Waals surface area contributed by atoms with Crippen LogP contribution >= 0.6 is 11.6 Å². The maximum atomic E-state index is 13.5. The summed E-state index contributed by atoms with van der Waals surface area (Å²) in [5.41, 5.74) is 4.16. The van der Waals surface area contributed by atoms with Crippen LogP contribution in [0, 0.1) is 13.8 Å². The molecule has 170 valence electrons. The molecule has 2 amide bonds. The molecule has 3 aromatic carbocycles. The van der Waals surface area contributed by atoms with Gasteiger partial charge >= 0.3 is 0 Å². The highest BCUT2D eigenvalue weighted by Crippen LogP contribution is 2.36. The van der Waals surface area contributed by atoms with Crippen molar-refractivity contribution >= 4 is 34.8 Å². The van der Waals surface area contributed by atoms with Crippen molar-refractivity contribution in [3.63, 3.8) is 0 Å². The summed E-state index contributed by atoms with van der Waals surface area (Å²) in [5, 5.41) is 24.1. The summed E-state index contributed by atoms with van der Waals surface area (Å²) in [7, 11) is 0. The molecular formula is C26H25ClN2O4. The molecule has 3 aromatic rings. The highest BCUT2D eigenvalue weighted by Gasteiger charge is 2.31. The Balaban J connectivity index is 1.61. The Kier molecular flexibility index (Phi) is 6.51. The number of halogens is 1. The Morgan fingerprint density at radius 1 is 0.970 bits per heavy atom. The zero-order valence-corrected chi connectivity index (χ0v) is 19.1. The van der Waals surface area contributed by atoms with E-state index in [2.05, 4.69) is 5.32 Å². The number of aryl methyl sites for hydroxylation is 2. The summed E-state index contributed by atoms with van der Waals surface area (Å²) < 4.78 is 0. The molecule has 1 heterocycles. The molecule has 3 N–H and O–H groups in total. The predicted octanol–water partition coefficient (Wildman–Crippen LogP) is 4.65. The van der Waals surface area contributed by atoms with Gasteiger partial charge in [-0.05, 0) is 73.9 Å². The molecular weight excluding hydrogens is 440 g/mol. The van der Waals surface area contributed by atoms with Crippen LogP contribution in [0.4, 0.5) is 11.4 Å². The van der Waals surface area contributed by atoms with Crippen LogP contribution in [0.15, 0.2) is 60.7 Å². The van der Waals surface area contributed by atoms with Gasteiger partial charge < -0.3 is 20.4 Å². The highest BCUT2D eigenvalue weighted by molar-refractivity contribution is 6.30. The molecule has 1 aliphatic heterocycles. The Morgan fingerprint density at radius 2 is 1.73 bits per heavy atom. The quantitative estimate of drug-likeness (QED) is 0.526. The third kappa shape index (κ3) is 4.64. The van der Waals surface area contributed by atoms with Crippen LogP contribution in [0.5, 0.6) is 0 Å². The lowest BCUT2D eigenvalue weighted by Crippen LogP contribution is -2.33. The van der Waals surface area contributed by atoms with E-state index in [-0.39, 0.29) is 24.8 Å². The standard InChI is InChI=1S/C26H25ClN2O4/c1-15-5-3-4-6-19(15)25(32)28-18-8-9-20(16(2)13-18)26(33)29-12-11-23(30)24(31)21-14-17(27)7-10-22(21)29/h3-10,13-14,23-24,30-31H,11-12H2,1-2H3,(H,28,32)/t23-,24-/m0/s1. The summed E-state index contributed by atoms with van der Waals surface area (Å²) in [5.74, 6) is -0.470. The zero-order chi connectivity index (χ0) is 23.7. The number of nitrogens with one attached hydrogen (secondary N) is 1. The molecule has 33 heavy (non-hydrogen) atoms. The monoisotopic (exact) mass is 464 g/mol. The van der Waals surface area contributed by atoms with E-state index in [9.17, 15) is 19.8 Å². The molecule has 6 nitrogen and oxygen atoms in total. The van der Waals surface area contributed by atoms with Gasteiger partial charge in [-0.2, -0.15) is 0 Å². The molecule has 2 atom stereocenters. The number of aliphatic hydroxyl groups is 2. The number of carbonyl (C=O) groups excluding carboxylic acids is 2. The first-order valence-electron chi connectivity index (χ1n) is 10.7. The molecule has 1 aliphatic rings. The Hall–Kier alpha value is -3.19. The van der Waals surface area contributed by atoms with Gasteiger partial charge in [-0.15, -0.1) is 0 Å². The molecule has 4 rings (SSSR count). The number of aliphatic hydroxyl groups excluding tert-OH is 2. The average molecular weight is 465 g/mol. The lowest BCUT2D eigenvalue weighted by molar-refractivity contribution is 0.0176. The second kappa shape index (κ2) is 9.35. The van der Waals surface area contributed by atoms with Gasteiger partial charge in [0.2, 0.25) is 0 Å². The molecule has 0 fully saturated rings. The van der Waals surface area contributed by atoms with Crippen LogP contribution in [0.25, 0.3) is 0 Å². The van der Waals surface area contributed by atoms with Crippen LogP contribution < -0.4 is 10.2 Å². The van der Waals surface area contributed by atoms with Gasteiger partial charge in [0.05, 0.1) is 6.10 Å². The van der Waals surface area contributed by atoms with Crippen molar-refractivity contribution in [2.24, 2.45) is 0 Å². The van der Waals surface area contributed by atoms with Crippen LogP contribution in [0.2, 0.25) is 5.02 Å². The van der Waals surface area contributed by atoms with E-state index in [0.717, 1.165) is 5.56 Å². The number of amides is 2. The fourth-order valence-electron chi connectivity index (χ4n) is 4.12. The fourth-order valence-corrected chi connectivity index (χ4v) is 4.30. The average Bonchev–Trinajstić information content (AvgIpc) is 2.90. The number of rotatable bonds is 3. The fraction of sp³-hybridized carbons (Fsp3) is 0.231. The van der Waals surface area contributed by atoms with Gasteiger partial charge in [0, 0.05) is 39.6 Å². The molecule has 0 spiro atoms. The largest absolute Gasteiger partial charge is 0.390 e. The number of hydrogen-bond acceptors (Lipinski definition) is 4. The second-order valence-corrected chi connectivity index (χ2v) is 8.70. The van der Waals surface area contributed by atoms with Crippen LogP contribution in [-0.2, 0) is 0 Å². The van der Waals surface area contributed by atoms with E-state index in [0.29, 0.717) is 38.7 Å². The van der Waals surface area contributed by atoms with E-state index in [1.807, 2.05) is 25.1 Å². The summed E-state index contributed by atoms with van der Waals surface area (Å²) in [6.07, 6.45) is -1.90. The van der Waals surface area contributed by atoms with Crippen LogP contribution in [0.1, 0.15) is 49.9 Å². The first-order valence-corrected chi connectivity index (χ1v) is 11.1. The van der Waals surface area contributed by atoms with Crippen molar-refractivity contribution in [2.45, 2.75) is 32.5 Å². The third-order valence-electron chi connectivity index (χ3n) is 5.96. The summed E-state index contributed by atoms with van der Waals surface area (Å²) in [4.78, 5) is 27.7. The lowest BCUT2D eigenvalue weighted by Gasteiger charge is -2.24. The van der Waals surface area contributed by atoms with E-state index < -0.39 is 12.2 Å². The van der Waals surface area contributed by atoms with Crippen LogP contribution in [-0.4, -0.2) is 34.7 Å². The minimum Gasteiger partial charge on any atom is -0.390 e. The van der Waals surface area contributed by atoms with Crippen molar-refractivity contribution in [1.82, 2.24) is 0 Å². The van der Waals surface area contributed by atoms with E-state index >= 15 is 0 Å². The van der Waals surface area contributed by atoms with Crippen molar-refractivity contribution < 1.29 is 19.8 Å². The third-order valence-corrected chi connectivity index (χ3v) is 6.20. The maximum absolute atomic E-state index is 13.5. The number of anilines is 2. The molecule has 0 radical (unpaired) electrons. The van der Waals surface area contributed by atoms with Gasteiger partial charge in [-0.3, -0.25) is 9.59 Å². The smallest absolute Gasteiger partial charge is 0.258 e. The number of fused-ring (bicyclic) bond motifs is 1. The minimum absolute atomic E-state index is 0.215. The first kappa shape index (κ1) is 23.0. The molecule has 7 heteroatoms. The van der Waals surface area contributed by atoms with E-state index in [1.54, 1.807) is 54.3 Å². The highest BCUT2D eigenvalue weighted by atomic mass is 35.5. The summed E-state index contributed by atoms with van der Waals surface area (Å²) in [6, 6.07) is 17.4. The molecule has 0 saturated heterocycles. The van der Waals surface area contributed by atoms with Gasteiger partial charge in [0.25, 0.3) is 11.8 Å². The Labute approximate surface area is 197 Å². The van der Waals surface area contributed by atoms with Gasteiger partial charge in [0.1, 0.15) is 6.10 Å². The number of hydrogen-bond donors (Lipinski definition) is 3. The van der Waals surface area contributed by atoms with Crippen molar-refractivity contribution in [3.05, 3.63) is 93.5 Å². The topological polar surface area (TPSA) is 89.9 Å². The SMILES string of the molecule is Cc1ccccc1C(=O)Nc1ccc(C(=O)N2CC[C@H](O)[C@@H](O)c3cc(Cl)ccc32)c(C)c1. The zero-order valence-electron chi connectivity index (χ0n) is 18.4. The molecule has 0 aliphatic carbocycles. The lowest BCUT2D eigenvalue weighted by atomic mass is 10.0. The molecule has 0 bridgehead atoms. The summed E-state index contributed by atoms with van der Waals surface area (Å²) >= 11 is 6.09. The van der Waals surface area contributed by atoms with Crippen molar-refractivity contribution in [2.75, 3.05) is 16.8 Å². The van der Waals surface area contributed by atoms with Crippen LogP contribution in [0.3, 0.4) is 0 Å². The van der Waals surface area contributed by atoms with Gasteiger partial charge in [-0.1, -0.05) is 29.8 Å². The minimum atomic E-state index is -1.13. The van der Waals surface area contributed by atoms with Gasteiger partial charge in [0.15, 0.2) is 0 Å². The van der Waals surface area contributed by atoms with Crippen molar-refractivity contribution in [3.8, 4) is 0 Å². The molecule has 0 saturated carbocycles. The Bertz CT molecular complexity index is 1230. The number of nitrogens with zero attached hydrogens (tertiary/aromatic N) is 1. The maximum Gasteiger partial charge on any atom is 0.258 e. The molecule has 0 aromatic heterocycles. The second-order valence-electron chi connectivity index (χ2n) is 8.26. The number of carbonyl (C=O) groups is 2. The molecule has 0 unspecified atom stereocenters.